The fourth-order valence-electron chi connectivity index (χ4n) is 1.69. The molecule has 0 spiro atoms. The lowest BCUT2D eigenvalue weighted by Gasteiger charge is -2.23. The van der Waals surface area contributed by atoms with Crippen molar-refractivity contribution >= 4 is 17.5 Å². The van der Waals surface area contributed by atoms with Crippen LogP contribution in [0, 0.1) is 19.3 Å². The molecule has 0 aliphatic heterocycles. The summed E-state index contributed by atoms with van der Waals surface area (Å²) in [6, 6.07) is 3.67. The van der Waals surface area contributed by atoms with Crippen molar-refractivity contribution in [2.75, 3.05) is 12.4 Å². The normalized spacial score (nSPS) is 11.4. The second-order valence-electron chi connectivity index (χ2n) is 5.37. The van der Waals surface area contributed by atoms with Gasteiger partial charge in [0.05, 0.1) is 11.3 Å². The van der Waals surface area contributed by atoms with E-state index in [1.807, 2.05) is 26.0 Å². The van der Waals surface area contributed by atoms with Crippen LogP contribution in [0.25, 0.3) is 0 Å². The van der Waals surface area contributed by atoms with Gasteiger partial charge in [-0.15, -0.1) is 11.6 Å². The molecule has 100 valence electrons. The maximum absolute atomic E-state index is 12.0. The highest BCUT2D eigenvalue weighted by molar-refractivity contribution is 6.17. The van der Waals surface area contributed by atoms with Crippen LogP contribution in [0.5, 0.6) is 0 Å². The number of aryl methyl sites for hydroxylation is 2. The quantitative estimate of drug-likeness (QED) is 0.834. The number of nitrogens with zero attached hydrogens (tertiary/aromatic N) is 1. The van der Waals surface area contributed by atoms with Crippen LogP contribution in [0.3, 0.4) is 0 Å². The van der Waals surface area contributed by atoms with Crippen molar-refractivity contribution in [3.05, 3.63) is 29.1 Å². The van der Waals surface area contributed by atoms with E-state index in [0.717, 1.165) is 17.8 Å². The van der Waals surface area contributed by atoms with E-state index in [2.05, 4.69) is 24.1 Å². The van der Waals surface area contributed by atoms with E-state index >= 15 is 0 Å². The van der Waals surface area contributed by atoms with Crippen molar-refractivity contribution in [1.29, 1.82) is 0 Å². The molecule has 1 N–H and O–H groups in total. The van der Waals surface area contributed by atoms with Crippen LogP contribution in [-0.4, -0.2) is 23.3 Å². The minimum atomic E-state index is -0.0670. The molecule has 0 saturated heterocycles. The molecule has 1 heterocycles. The third-order valence-corrected chi connectivity index (χ3v) is 3.16. The molecule has 0 bridgehead atoms. The van der Waals surface area contributed by atoms with E-state index in [1.54, 1.807) is 0 Å². The van der Waals surface area contributed by atoms with Crippen molar-refractivity contribution in [2.45, 2.75) is 34.1 Å². The molecule has 0 unspecified atom stereocenters. The topological polar surface area (TPSA) is 42.0 Å². The van der Waals surface area contributed by atoms with Gasteiger partial charge in [-0.3, -0.25) is 9.78 Å². The lowest BCUT2D eigenvalue weighted by atomic mass is 9.90. The predicted molar refractivity (Wildman–Crippen MR) is 75.2 cm³/mol. The molecule has 0 fully saturated rings. The molecule has 4 heteroatoms. The molecule has 18 heavy (non-hydrogen) atoms. The number of amides is 1. The lowest BCUT2D eigenvalue weighted by Crippen LogP contribution is -2.34. The number of aromatic nitrogens is 1. The van der Waals surface area contributed by atoms with Crippen LogP contribution >= 0.6 is 11.6 Å². The molecule has 0 aliphatic rings. The van der Waals surface area contributed by atoms with Gasteiger partial charge in [-0.2, -0.15) is 0 Å². The molecule has 0 saturated carbocycles. The molecule has 1 amide bonds. The highest BCUT2D eigenvalue weighted by atomic mass is 35.5. The van der Waals surface area contributed by atoms with Crippen molar-refractivity contribution in [1.82, 2.24) is 10.3 Å². The second-order valence-corrected chi connectivity index (χ2v) is 5.75. The lowest BCUT2D eigenvalue weighted by molar-refractivity contribution is 0.0935. The summed E-state index contributed by atoms with van der Waals surface area (Å²) in [4.78, 5) is 16.3. The summed E-state index contributed by atoms with van der Waals surface area (Å²) in [6.07, 6.45) is 0.875. The van der Waals surface area contributed by atoms with E-state index in [0.29, 0.717) is 18.0 Å². The summed E-state index contributed by atoms with van der Waals surface area (Å²) < 4.78 is 0. The first-order valence-electron chi connectivity index (χ1n) is 6.14. The molecule has 0 atom stereocenters. The second kappa shape index (κ2) is 6.19. The zero-order valence-corrected chi connectivity index (χ0v) is 12.3. The summed E-state index contributed by atoms with van der Waals surface area (Å²) >= 11 is 5.74. The van der Waals surface area contributed by atoms with E-state index in [9.17, 15) is 4.79 Å². The predicted octanol–water partition coefficient (Wildman–Crippen LogP) is 3.08. The van der Waals surface area contributed by atoms with Gasteiger partial charge in [0.25, 0.3) is 5.91 Å². The number of carbonyl (C=O) groups is 1. The Morgan fingerprint density at radius 3 is 2.61 bits per heavy atom. The highest BCUT2D eigenvalue weighted by Crippen LogP contribution is 2.19. The minimum Gasteiger partial charge on any atom is -0.351 e. The van der Waals surface area contributed by atoms with Gasteiger partial charge in [-0.25, -0.2) is 0 Å². The van der Waals surface area contributed by atoms with Crippen LogP contribution in [0.1, 0.15) is 42.0 Å². The van der Waals surface area contributed by atoms with Crippen LogP contribution in [-0.2, 0) is 0 Å². The molecular weight excluding hydrogens is 248 g/mol. The molecule has 0 aliphatic carbocycles. The Labute approximate surface area is 114 Å². The van der Waals surface area contributed by atoms with Gasteiger partial charge in [0, 0.05) is 18.1 Å². The Morgan fingerprint density at radius 2 is 2.06 bits per heavy atom. The minimum absolute atomic E-state index is 0.0173. The van der Waals surface area contributed by atoms with Crippen molar-refractivity contribution in [3.8, 4) is 0 Å². The smallest absolute Gasteiger partial charge is 0.253 e. The average Bonchev–Trinajstić information content (AvgIpc) is 2.26. The molecule has 0 aromatic carbocycles. The number of rotatable bonds is 5. The molecule has 0 radical (unpaired) electrons. The number of carbonyl (C=O) groups excluding carboxylic acids is 1. The standard InChI is InChI=1S/C14H21ClN2O/c1-10-5-6-12(11(2)17-10)13(18)16-9-14(3,4)7-8-15/h5-6H,7-9H2,1-4H3,(H,16,18). The number of nitrogens with one attached hydrogen (secondary N) is 1. The van der Waals surface area contributed by atoms with Gasteiger partial charge in [-0.05, 0) is 37.8 Å². The Bertz CT molecular complexity index is 430. The highest BCUT2D eigenvalue weighted by Gasteiger charge is 2.19. The largest absolute Gasteiger partial charge is 0.351 e. The molecule has 1 aromatic rings. The monoisotopic (exact) mass is 268 g/mol. The summed E-state index contributed by atoms with van der Waals surface area (Å²) in [6.45, 7) is 8.57. The van der Waals surface area contributed by atoms with Crippen LogP contribution < -0.4 is 5.32 Å². The van der Waals surface area contributed by atoms with E-state index in [-0.39, 0.29) is 11.3 Å². The number of hydrogen-bond donors (Lipinski definition) is 1. The number of pyridine rings is 1. The van der Waals surface area contributed by atoms with E-state index < -0.39 is 0 Å². The first-order valence-corrected chi connectivity index (χ1v) is 6.67. The summed E-state index contributed by atoms with van der Waals surface area (Å²) in [5.74, 6) is 0.538. The first kappa shape index (κ1) is 15.0. The maximum atomic E-state index is 12.0. The summed E-state index contributed by atoms with van der Waals surface area (Å²) in [7, 11) is 0. The molecule has 3 nitrogen and oxygen atoms in total. The van der Waals surface area contributed by atoms with E-state index in [4.69, 9.17) is 11.6 Å². The van der Waals surface area contributed by atoms with Gasteiger partial charge in [0.15, 0.2) is 0 Å². The average molecular weight is 269 g/mol. The SMILES string of the molecule is Cc1ccc(C(=O)NCC(C)(C)CCCl)c(C)n1. The molecule has 1 rings (SSSR count). The number of alkyl halides is 1. The fraction of sp³-hybridized carbons (Fsp3) is 0.571. The van der Waals surface area contributed by atoms with Gasteiger partial charge in [0.1, 0.15) is 0 Å². The van der Waals surface area contributed by atoms with Crippen LogP contribution in [0.15, 0.2) is 12.1 Å². The fourth-order valence-corrected chi connectivity index (χ4v) is 2.20. The Kier molecular flexibility index (Phi) is 5.15. The molecular formula is C14H21ClN2O. The van der Waals surface area contributed by atoms with Gasteiger partial charge in [0.2, 0.25) is 0 Å². The van der Waals surface area contributed by atoms with Crippen molar-refractivity contribution < 1.29 is 4.79 Å². The first-order chi connectivity index (χ1) is 8.35. The van der Waals surface area contributed by atoms with Crippen molar-refractivity contribution in [2.24, 2.45) is 5.41 Å². The third-order valence-electron chi connectivity index (χ3n) is 2.97. The molecule has 1 aromatic heterocycles. The van der Waals surface area contributed by atoms with Gasteiger partial charge >= 0.3 is 0 Å². The zero-order valence-electron chi connectivity index (χ0n) is 11.5. The van der Waals surface area contributed by atoms with Gasteiger partial charge in [-0.1, -0.05) is 13.8 Å². The third kappa shape index (κ3) is 4.30. The maximum Gasteiger partial charge on any atom is 0.253 e. The summed E-state index contributed by atoms with van der Waals surface area (Å²) in [5.41, 5.74) is 2.35. The number of halogens is 1. The van der Waals surface area contributed by atoms with Crippen molar-refractivity contribution in [3.63, 3.8) is 0 Å². The Morgan fingerprint density at radius 1 is 1.39 bits per heavy atom. The van der Waals surface area contributed by atoms with Crippen LogP contribution in [0.2, 0.25) is 0 Å². The van der Waals surface area contributed by atoms with Gasteiger partial charge < -0.3 is 5.32 Å². The summed E-state index contributed by atoms with van der Waals surface area (Å²) in [5, 5.41) is 2.95. The Balaban J connectivity index is 2.66. The van der Waals surface area contributed by atoms with E-state index in [1.165, 1.54) is 0 Å². The van der Waals surface area contributed by atoms with Crippen LogP contribution in [0.4, 0.5) is 0 Å². The Hall–Kier alpha value is -1.09. The zero-order chi connectivity index (χ0) is 13.8. The number of hydrogen-bond acceptors (Lipinski definition) is 2.